The van der Waals surface area contributed by atoms with Crippen molar-refractivity contribution in [2.45, 2.75) is 51.0 Å². The Bertz CT molecular complexity index is 1420. The van der Waals surface area contributed by atoms with Gasteiger partial charge in [0.25, 0.3) is 5.91 Å². The van der Waals surface area contributed by atoms with Gasteiger partial charge in [-0.15, -0.1) is 0 Å². The third-order valence-corrected chi connectivity index (χ3v) is 7.51. The quantitative estimate of drug-likeness (QED) is 0.423. The summed E-state index contributed by atoms with van der Waals surface area (Å²) in [5, 5.41) is 6.59. The zero-order valence-corrected chi connectivity index (χ0v) is 23.2. The third kappa shape index (κ3) is 6.59. The molecule has 40 heavy (non-hydrogen) atoms. The fourth-order valence-corrected chi connectivity index (χ4v) is 5.21. The van der Waals surface area contributed by atoms with Crippen LogP contribution in [0.15, 0.2) is 18.2 Å². The Balaban J connectivity index is 1.37. The molecule has 4 heterocycles. The Morgan fingerprint density at radius 2 is 1.90 bits per heavy atom. The summed E-state index contributed by atoms with van der Waals surface area (Å²) in [5.41, 5.74) is 7.32. The normalized spacial score (nSPS) is 25.4. The molecular formula is C29H44N8O3. The van der Waals surface area contributed by atoms with E-state index in [-0.39, 0.29) is 56.8 Å². The van der Waals surface area contributed by atoms with Crippen LogP contribution in [0.3, 0.4) is 0 Å². The first-order valence-electron chi connectivity index (χ1n) is 17.4. The molecule has 0 saturated carbocycles. The van der Waals surface area contributed by atoms with Crippen LogP contribution in [0.1, 0.15) is 58.3 Å². The van der Waals surface area contributed by atoms with Gasteiger partial charge in [0.2, 0.25) is 0 Å². The first-order valence-corrected chi connectivity index (χ1v) is 13.9. The number of likely N-dealkylation sites (N-methyl/N-ethyl adjacent to an activating group) is 1. The van der Waals surface area contributed by atoms with E-state index in [9.17, 15) is 4.79 Å². The Hall–Kier alpha value is -3.15. The van der Waals surface area contributed by atoms with E-state index in [0.29, 0.717) is 48.3 Å². The van der Waals surface area contributed by atoms with Crippen LogP contribution in [-0.4, -0.2) is 104 Å². The minimum atomic E-state index is -2.23. The van der Waals surface area contributed by atoms with E-state index in [1.54, 1.807) is 28.0 Å². The molecule has 3 saturated heterocycles. The van der Waals surface area contributed by atoms with Gasteiger partial charge in [0, 0.05) is 85.9 Å². The second-order valence-electron chi connectivity index (χ2n) is 10.2. The van der Waals surface area contributed by atoms with Crippen molar-refractivity contribution >= 4 is 28.9 Å². The van der Waals surface area contributed by atoms with Crippen LogP contribution in [0.2, 0.25) is 0 Å². The van der Waals surface area contributed by atoms with E-state index in [1.807, 2.05) is 6.92 Å². The maximum absolute atomic E-state index is 12.4. The number of ether oxygens (including phenoxy) is 2. The van der Waals surface area contributed by atoms with Gasteiger partial charge in [-0.25, -0.2) is 9.97 Å². The van der Waals surface area contributed by atoms with E-state index in [4.69, 9.17) is 29.8 Å². The van der Waals surface area contributed by atoms with Crippen LogP contribution >= 0.6 is 0 Å². The number of aromatic nitrogens is 2. The number of nitrogens with one attached hydrogen (secondary N) is 2. The molecule has 4 N–H and O–H groups in total. The highest BCUT2D eigenvalue weighted by Gasteiger charge is 2.28. The average Bonchev–Trinajstić information content (AvgIpc) is 3.00. The number of rotatable bonds is 9. The van der Waals surface area contributed by atoms with Crippen LogP contribution in [0.4, 0.5) is 23.0 Å². The third-order valence-electron chi connectivity index (χ3n) is 7.51. The van der Waals surface area contributed by atoms with E-state index in [1.165, 1.54) is 12.0 Å². The van der Waals surface area contributed by atoms with Gasteiger partial charge in [0.1, 0.15) is 5.75 Å². The number of nitrogens with two attached hydrogens (primary N) is 1. The van der Waals surface area contributed by atoms with E-state index in [2.05, 4.69) is 15.6 Å². The number of carbonyl (C=O) groups excluding carboxylic acids is 1. The molecule has 11 heteroatoms. The topological polar surface area (TPSA) is 121 Å². The number of primary amides is 1. The predicted molar refractivity (Wildman–Crippen MR) is 158 cm³/mol. The Morgan fingerprint density at radius 1 is 1.15 bits per heavy atom. The Kier molecular flexibility index (Phi) is 6.73. The van der Waals surface area contributed by atoms with Crippen LogP contribution in [0.5, 0.6) is 5.75 Å². The minimum absolute atomic E-state index is 0.00872. The molecule has 2 aromatic rings. The summed E-state index contributed by atoms with van der Waals surface area (Å²) in [6.07, 6.45) is -1.76. The van der Waals surface area contributed by atoms with Gasteiger partial charge in [-0.3, -0.25) is 9.69 Å². The van der Waals surface area contributed by atoms with Gasteiger partial charge in [-0.2, -0.15) is 0 Å². The van der Waals surface area contributed by atoms with E-state index < -0.39 is 31.7 Å². The number of piperazine rings is 1. The summed E-state index contributed by atoms with van der Waals surface area (Å²) in [6.45, 7) is 1.72. The van der Waals surface area contributed by atoms with Gasteiger partial charge >= 0.3 is 0 Å². The minimum Gasteiger partial charge on any atom is -0.495 e. The number of piperidine rings is 1. The fourth-order valence-electron chi connectivity index (χ4n) is 5.21. The monoisotopic (exact) mass is 559 g/mol. The molecule has 0 bridgehead atoms. The number of hydrogen-bond acceptors (Lipinski definition) is 10. The molecule has 1 aromatic heterocycles. The molecule has 11 nitrogen and oxygen atoms in total. The molecular weight excluding hydrogens is 508 g/mol. The van der Waals surface area contributed by atoms with Crippen LogP contribution in [-0.2, 0) is 11.2 Å². The lowest BCUT2D eigenvalue weighted by atomic mass is 10.0. The summed E-state index contributed by atoms with van der Waals surface area (Å²) in [5.74, 6) is 0.363. The zero-order valence-electron chi connectivity index (χ0n) is 30.2. The molecule has 0 spiro atoms. The largest absolute Gasteiger partial charge is 0.495 e. The van der Waals surface area contributed by atoms with Crippen LogP contribution in [0.25, 0.3) is 0 Å². The van der Waals surface area contributed by atoms with Crippen molar-refractivity contribution in [2.75, 3.05) is 82.1 Å². The van der Waals surface area contributed by atoms with Crippen molar-refractivity contribution in [2.24, 2.45) is 5.73 Å². The van der Waals surface area contributed by atoms with Crippen molar-refractivity contribution < 1.29 is 23.9 Å². The molecule has 5 rings (SSSR count). The maximum atomic E-state index is 12.4. The lowest BCUT2D eigenvalue weighted by Crippen LogP contribution is -2.52. The van der Waals surface area contributed by atoms with E-state index >= 15 is 0 Å². The SMILES string of the molecule is [2H]C1([2H])CN(c2ccc(Nc3nc(NC4CCOCC4)c(CC)nc3C(N)=O)cc2OC)CC([2H])([2H])C1N1CCN(C([2H])([2H])[2H])CC1. The first-order chi connectivity index (χ1) is 22.1. The molecule has 0 atom stereocenters. The number of nitrogens with zero attached hydrogens (tertiary/aromatic N) is 5. The lowest BCUT2D eigenvalue weighted by Gasteiger charge is -2.42. The number of amides is 1. The van der Waals surface area contributed by atoms with Gasteiger partial charge in [0.15, 0.2) is 17.3 Å². The van der Waals surface area contributed by atoms with Gasteiger partial charge in [-0.05, 0) is 51.1 Å². The number of hydrogen-bond donors (Lipinski definition) is 3. The number of aryl methyl sites for hydroxylation is 1. The molecule has 1 amide bonds. The number of benzene rings is 1. The first kappa shape index (κ1) is 20.7. The van der Waals surface area contributed by atoms with Gasteiger partial charge < -0.3 is 35.6 Å². The van der Waals surface area contributed by atoms with Crippen molar-refractivity contribution in [3.8, 4) is 5.75 Å². The molecule has 3 aliphatic heterocycles. The van der Waals surface area contributed by atoms with Crippen molar-refractivity contribution in [1.29, 1.82) is 0 Å². The second kappa shape index (κ2) is 13.0. The smallest absolute Gasteiger partial charge is 0.271 e. The van der Waals surface area contributed by atoms with Crippen LogP contribution < -0.4 is 26.0 Å². The van der Waals surface area contributed by atoms with Crippen molar-refractivity contribution in [3.05, 3.63) is 29.6 Å². The molecule has 0 radical (unpaired) electrons. The summed E-state index contributed by atoms with van der Waals surface area (Å²) in [6, 6.07) is 4.20. The lowest BCUT2D eigenvalue weighted by molar-refractivity contribution is 0.0903. The van der Waals surface area contributed by atoms with Crippen molar-refractivity contribution in [1.82, 2.24) is 19.8 Å². The predicted octanol–water partition coefficient (Wildman–Crippen LogP) is 2.70. The highest BCUT2D eigenvalue weighted by Crippen LogP contribution is 2.35. The summed E-state index contributed by atoms with van der Waals surface area (Å²) < 4.78 is 70.0. The Labute approximate surface area is 247 Å². The molecule has 1 aromatic carbocycles. The summed E-state index contributed by atoms with van der Waals surface area (Å²) in [4.78, 5) is 26.4. The molecule has 0 aliphatic carbocycles. The van der Waals surface area contributed by atoms with Gasteiger partial charge in [-0.1, -0.05) is 6.92 Å². The van der Waals surface area contributed by atoms with Crippen molar-refractivity contribution in [3.63, 3.8) is 0 Å². The number of methoxy groups -OCH3 is 1. The Morgan fingerprint density at radius 3 is 2.55 bits per heavy atom. The number of carbonyl (C=O) groups is 1. The highest BCUT2D eigenvalue weighted by atomic mass is 16.5. The molecule has 3 fully saturated rings. The number of anilines is 4. The highest BCUT2D eigenvalue weighted by molar-refractivity contribution is 5.96. The standard InChI is InChI=1S/C29H44N8O3/c1-4-23-28(31-20-9-17-40-18-10-20)34-29(26(33-23)27(30)38)32-21-5-6-24(25(19-21)39-3)37-11-7-22(8-12-37)36-15-13-35(2)14-16-36/h5-6,19-20,22H,4,7-18H2,1-3H3,(H2,30,38)(H2,31,32,34)/i2D3,7D2,8D2. The summed E-state index contributed by atoms with van der Waals surface area (Å²) in [7, 11) is 1.48. The fraction of sp³-hybridized carbons (Fsp3) is 0.621. The average molecular weight is 560 g/mol. The second-order valence-corrected chi connectivity index (χ2v) is 10.2. The van der Waals surface area contributed by atoms with Crippen LogP contribution in [0, 0.1) is 0 Å². The molecule has 3 aliphatic rings. The van der Waals surface area contributed by atoms with Gasteiger partial charge in [0.05, 0.1) is 18.5 Å². The zero-order chi connectivity index (χ0) is 34.1. The molecule has 0 unspecified atom stereocenters. The maximum Gasteiger partial charge on any atom is 0.271 e. The van der Waals surface area contributed by atoms with E-state index in [0.717, 1.165) is 12.8 Å². The summed E-state index contributed by atoms with van der Waals surface area (Å²) >= 11 is 0. The molecule has 218 valence electrons.